The van der Waals surface area contributed by atoms with Gasteiger partial charge in [-0.15, -0.1) is 0 Å². The summed E-state index contributed by atoms with van der Waals surface area (Å²) in [5.41, 5.74) is 2.49. The number of aromatic nitrogens is 2. The highest BCUT2D eigenvalue weighted by atomic mass is 16.5. The van der Waals surface area contributed by atoms with Crippen molar-refractivity contribution in [2.75, 3.05) is 6.61 Å². The van der Waals surface area contributed by atoms with Crippen LogP contribution in [0.2, 0.25) is 0 Å². The maximum absolute atomic E-state index is 5.73. The predicted octanol–water partition coefficient (Wildman–Crippen LogP) is 2.95. The number of benzene rings is 1. The minimum atomic E-state index is 0.113. The summed E-state index contributed by atoms with van der Waals surface area (Å²) in [5.74, 6) is 1.41. The van der Waals surface area contributed by atoms with Crippen molar-refractivity contribution in [3.05, 3.63) is 47.8 Å². The molecule has 4 nitrogen and oxygen atoms in total. The molecule has 3 rings (SSSR count). The molecule has 0 amide bonds. The van der Waals surface area contributed by atoms with Gasteiger partial charge in [-0.1, -0.05) is 18.2 Å². The number of rotatable bonds is 4. The van der Waals surface area contributed by atoms with Crippen molar-refractivity contribution in [1.82, 2.24) is 15.1 Å². The van der Waals surface area contributed by atoms with E-state index in [0.29, 0.717) is 5.92 Å². The molecule has 1 aliphatic heterocycles. The summed E-state index contributed by atoms with van der Waals surface area (Å²) < 4.78 is 7.75. The van der Waals surface area contributed by atoms with Crippen LogP contribution in [0, 0.1) is 0 Å². The molecule has 0 saturated heterocycles. The summed E-state index contributed by atoms with van der Waals surface area (Å²) in [4.78, 5) is 0. The van der Waals surface area contributed by atoms with Crippen LogP contribution in [0.3, 0.4) is 0 Å². The fourth-order valence-electron chi connectivity index (χ4n) is 2.56. The van der Waals surface area contributed by atoms with Crippen LogP contribution in [0.25, 0.3) is 0 Å². The van der Waals surface area contributed by atoms with E-state index in [1.807, 2.05) is 16.8 Å². The third-order valence-electron chi connectivity index (χ3n) is 3.70. The summed E-state index contributed by atoms with van der Waals surface area (Å²) in [6, 6.07) is 10.4. The molecule has 0 spiro atoms. The molecule has 1 N–H and O–H groups in total. The first-order valence-corrected chi connectivity index (χ1v) is 7.50. The minimum Gasteiger partial charge on any atom is -0.493 e. The number of nitrogens with zero attached hydrogens (tertiary/aromatic N) is 2. The van der Waals surface area contributed by atoms with Crippen LogP contribution in [0.1, 0.15) is 37.9 Å². The molecule has 4 heteroatoms. The Hall–Kier alpha value is -1.81. The van der Waals surface area contributed by atoms with Crippen LogP contribution < -0.4 is 10.1 Å². The van der Waals surface area contributed by atoms with Gasteiger partial charge in [0.15, 0.2) is 0 Å². The molecule has 2 heterocycles. The van der Waals surface area contributed by atoms with Crippen molar-refractivity contribution in [3.8, 4) is 5.75 Å². The quantitative estimate of drug-likeness (QED) is 0.938. The Morgan fingerprint density at radius 1 is 1.29 bits per heavy atom. The average molecular weight is 285 g/mol. The molecule has 112 valence electrons. The lowest BCUT2D eigenvalue weighted by Crippen LogP contribution is -2.35. The van der Waals surface area contributed by atoms with E-state index < -0.39 is 0 Å². The largest absolute Gasteiger partial charge is 0.493 e. The molecule has 1 atom stereocenters. The van der Waals surface area contributed by atoms with Gasteiger partial charge in [0.05, 0.1) is 18.8 Å². The number of nitrogens with one attached hydrogen (secondary N) is 1. The summed E-state index contributed by atoms with van der Waals surface area (Å²) >= 11 is 0. The first kappa shape index (κ1) is 14.1. The number of hydrogen-bond donors (Lipinski definition) is 1. The van der Waals surface area contributed by atoms with Crippen molar-refractivity contribution in [2.24, 2.45) is 0 Å². The van der Waals surface area contributed by atoms with E-state index in [1.54, 1.807) is 0 Å². The Balaban J connectivity index is 1.63. The third kappa shape index (κ3) is 3.45. The van der Waals surface area contributed by atoms with E-state index in [1.165, 1.54) is 5.56 Å². The minimum absolute atomic E-state index is 0.113. The van der Waals surface area contributed by atoms with Gasteiger partial charge in [0.2, 0.25) is 0 Å². The van der Waals surface area contributed by atoms with Crippen molar-refractivity contribution in [3.63, 3.8) is 0 Å². The first-order valence-electron chi connectivity index (χ1n) is 7.50. The Bertz CT molecular complexity index is 612. The maximum atomic E-state index is 5.73. The zero-order chi connectivity index (χ0) is 14.9. The summed E-state index contributed by atoms with van der Waals surface area (Å²) in [5, 5.41) is 8.11. The molecule has 2 aromatic rings. The number of fused-ring (bicyclic) bond motifs is 1. The standard InChI is InChI=1S/C17H23N3O/c1-17(2,3)18-10-14-8-9-20(19-14)11-13-12-21-16-7-5-4-6-15(13)16/h4-9,13,18H,10-12H2,1-3H3. The monoisotopic (exact) mass is 285 g/mol. The highest BCUT2D eigenvalue weighted by Gasteiger charge is 2.24. The molecule has 1 aromatic carbocycles. The Morgan fingerprint density at radius 3 is 2.90 bits per heavy atom. The maximum Gasteiger partial charge on any atom is 0.122 e. The van der Waals surface area contributed by atoms with Crippen LogP contribution >= 0.6 is 0 Å². The van der Waals surface area contributed by atoms with Crippen molar-refractivity contribution in [1.29, 1.82) is 0 Å². The highest BCUT2D eigenvalue weighted by Crippen LogP contribution is 2.34. The number of para-hydroxylation sites is 1. The molecular weight excluding hydrogens is 262 g/mol. The third-order valence-corrected chi connectivity index (χ3v) is 3.70. The van der Waals surface area contributed by atoms with Gasteiger partial charge < -0.3 is 10.1 Å². The SMILES string of the molecule is CC(C)(C)NCc1ccn(CC2COc3ccccc32)n1. The van der Waals surface area contributed by atoms with Crippen LogP contribution in [0.5, 0.6) is 5.75 Å². The second-order valence-electron chi connectivity index (χ2n) is 6.68. The number of ether oxygens (including phenoxy) is 1. The molecule has 0 fully saturated rings. The zero-order valence-corrected chi connectivity index (χ0v) is 13.0. The van der Waals surface area contributed by atoms with Crippen LogP contribution in [0.4, 0.5) is 0 Å². The molecule has 21 heavy (non-hydrogen) atoms. The molecule has 0 bridgehead atoms. The first-order chi connectivity index (χ1) is 10.0. The lowest BCUT2D eigenvalue weighted by atomic mass is 10.0. The normalized spacial score (nSPS) is 17.6. The molecule has 1 aliphatic rings. The smallest absolute Gasteiger partial charge is 0.122 e. The number of hydrogen-bond acceptors (Lipinski definition) is 3. The van der Waals surface area contributed by atoms with Gasteiger partial charge in [-0.05, 0) is 32.9 Å². The lowest BCUT2D eigenvalue weighted by molar-refractivity contribution is 0.314. The summed E-state index contributed by atoms with van der Waals surface area (Å²) in [6.07, 6.45) is 2.06. The summed E-state index contributed by atoms with van der Waals surface area (Å²) in [7, 11) is 0. The Kier molecular flexibility index (Phi) is 3.72. The lowest BCUT2D eigenvalue weighted by Gasteiger charge is -2.19. The fourth-order valence-corrected chi connectivity index (χ4v) is 2.56. The topological polar surface area (TPSA) is 39.1 Å². The van der Waals surface area contributed by atoms with Crippen LogP contribution in [-0.2, 0) is 13.1 Å². The van der Waals surface area contributed by atoms with Gasteiger partial charge in [0.25, 0.3) is 0 Å². The second-order valence-corrected chi connectivity index (χ2v) is 6.68. The van der Waals surface area contributed by atoms with E-state index >= 15 is 0 Å². The van der Waals surface area contributed by atoms with E-state index in [-0.39, 0.29) is 5.54 Å². The zero-order valence-electron chi connectivity index (χ0n) is 13.0. The van der Waals surface area contributed by atoms with E-state index in [4.69, 9.17) is 4.74 Å². The Morgan fingerprint density at radius 2 is 2.10 bits per heavy atom. The van der Waals surface area contributed by atoms with Gasteiger partial charge in [-0.25, -0.2) is 0 Å². The predicted molar refractivity (Wildman–Crippen MR) is 83.5 cm³/mol. The fraction of sp³-hybridized carbons (Fsp3) is 0.471. The van der Waals surface area contributed by atoms with E-state index in [0.717, 1.165) is 31.1 Å². The highest BCUT2D eigenvalue weighted by molar-refractivity contribution is 5.39. The van der Waals surface area contributed by atoms with Gasteiger partial charge >= 0.3 is 0 Å². The van der Waals surface area contributed by atoms with Gasteiger partial charge in [-0.3, -0.25) is 4.68 Å². The van der Waals surface area contributed by atoms with Crippen LogP contribution in [-0.4, -0.2) is 21.9 Å². The molecule has 0 aliphatic carbocycles. The van der Waals surface area contributed by atoms with Crippen molar-refractivity contribution >= 4 is 0 Å². The van der Waals surface area contributed by atoms with Crippen molar-refractivity contribution < 1.29 is 4.74 Å². The molecular formula is C17H23N3O. The summed E-state index contributed by atoms with van der Waals surface area (Å²) in [6.45, 7) is 8.90. The molecule has 1 unspecified atom stereocenters. The van der Waals surface area contributed by atoms with Crippen molar-refractivity contribution in [2.45, 2.75) is 45.3 Å². The van der Waals surface area contributed by atoms with Crippen LogP contribution in [0.15, 0.2) is 36.5 Å². The molecule has 1 aromatic heterocycles. The Labute approximate surface area is 126 Å². The van der Waals surface area contributed by atoms with Gasteiger partial charge in [-0.2, -0.15) is 5.10 Å². The molecule has 0 radical (unpaired) electrons. The van der Waals surface area contributed by atoms with Gasteiger partial charge in [0.1, 0.15) is 5.75 Å². The van der Waals surface area contributed by atoms with E-state index in [2.05, 4.69) is 55.6 Å². The average Bonchev–Trinajstić information content (AvgIpc) is 3.04. The second kappa shape index (κ2) is 5.53. The van der Waals surface area contributed by atoms with Gasteiger partial charge in [0, 0.05) is 29.8 Å². The van der Waals surface area contributed by atoms with E-state index in [9.17, 15) is 0 Å². The molecule has 0 saturated carbocycles.